The molecule has 3 rings (SSSR count). The van der Waals surface area contributed by atoms with Gasteiger partial charge in [-0.15, -0.1) is 0 Å². The Kier molecular flexibility index (Phi) is 6.19. The summed E-state index contributed by atoms with van der Waals surface area (Å²) in [7, 11) is -2.22. The number of amides is 1. The monoisotopic (exact) mass is 410 g/mol. The van der Waals surface area contributed by atoms with Gasteiger partial charge in [-0.3, -0.25) is 9.52 Å². The summed E-state index contributed by atoms with van der Waals surface area (Å²) in [5.74, 6) is 0.367. The highest BCUT2D eigenvalue weighted by molar-refractivity contribution is 7.92. The summed E-state index contributed by atoms with van der Waals surface area (Å²) < 4.78 is 32.6. The Balaban J connectivity index is 1.64. The molecule has 0 atom stereocenters. The largest absolute Gasteiger partial charge is 0.497 e. The third-order valence-electron chi connectivity index (χ3n) is 4.34. The molecule has 7 heteroatoms. The number of hydrogen-bond acceptors (Lipinski definition) is 4. The molecule has 0 aliphatic carbocycles. The van der Waals surface area contributed by atoms with Crippen LogP contribution in [0.5, 0.6) is 5.75 Å². The topological polar surface area (TPSA) is 84.5 Å². The quantitative estimate of drug-likeness (QED) is 0.622. The molecule has 29 heavy (non-hydrogen) atoms. The van der Waals surface area contributed by atoms with Gasteiger partial charge >= 0.3 is 0 Å². The van der Waals surface area contributed by atoms with E-state index in [1.165, 1.54) is 31.4 Å². The predicted molar refractivity (Wildman–Crippen MR) is 113 cm³/mol. The van der Waals surface area contributed by atoms with Crippen molar-refractivity contribution in [2.75, 3.05) is 11.8 Å². The molecular weight excluding hydrogens is 388 g/mol. The normalized spacial score (nSPS) is 11.0. The minimum Gasteiger partial charge on any atom is -0.497 e. The third kappa shape index (κ3) is 5.36. The molecule has 150 valence electrons. The van der Waals surface area contributed by atoms with Gasteiger partial charge in [0.1, 0.15) is 5.75 Å². The van der Waals surface area contributed by atoms with Crippen molar-refractivity contribution < 1.29 is 17.9 Å². The van der Waals surface area contributed by atoms with Gasteiger partial charge in [-0.1, -0.05) is 29.8 Å². The van der Waals surface area contributed by atoms with E-state index in [2.05, 4.69) is 10.0 Å². The third-order valence-corrected chi connectivity index (χ3v) is 5.74. The molecule has 6 nitrogen and oxygen atoms in total. The van der Waals surface area contributed by atoms with Crippen LogP contribution in [-0.2, 0) is 16.6 Å². The highest BCUT2D eigenvalue weighted by Gasteiger charge is 2.15. The van der Waals surface area contributed by atoms with Crippen molar-refractivity contribution >= 4 is 21.6 Å². The van der Waals surface area contributed by atoms with E-state index in [-0.39, 0.29) is 10.8 Å². The van der Waals surface area contributed by atoms with Gasteiger partial charge in [0.15, 0.2) is 0 Å². The van der Waals surface area contributed by atoms with Gasteiger partial charge in [-0.25, -0.2) is 8.42 Å². The molecule has 0 aromatic heterocycles. The lowest BCUT2D eigenvalue weighted by atomic mass is 10.1. The highest BCUT2D eigenvalue weighted by Crippen LogP contribution is 2.19. The van der Waals surface area contributed by atoms with Crippen LogP contribution in [0.1, 0.15) is 21.5 Å². The van der Waals surface area contributed by atoms with E-state index in [1.807, 2.05) is 31.2 Å². The number of carbonyl (C=O) groups is 1. The van der Waals surface area contributed by atoms with Crippen LogP contribution in [0.15, 0.2) is 77.7 Å². The number of carbonyl (C=O) groups excluding carboxylic acids is 1. The predicted octanol–water partition coefficient (Wildman–Crippen LogP) is 3.73. The number of anilines is 1. The number of benzene rings is 3. The lowest BCUT2D eigenvalue weighted by Crippen LogP contribution is -2.23. The second-order valence-corrected chi connectivity index (χ2v) is 8.21. The summed E-state index contributed by atoms with van der Waals surface area (Å²) in [6, 6.07) is 20.2. The zero-order valence-corrected chi connectivity index (χ0v) is 17.0. The Bertz CT molecular complexity index is 1080. The number of sulfonamides is 1. The van der Waals surface area contributed by atoms with Crippen molar-refractivity contribution in [1.29, 1.82) is 0 Å². The maximum atomic E-state index is 12.5. The average molecular weight is 410 g/mol. The number of aryl methyl sites for hydroxylation is 1. The maximum Gasteiger partial charge on any atom is 0.261 e. The van der Waals surface area contributed by atoms with Crippen molar-refractivity contribution in [2.45, 2.75) is 18.4 Å². The van der Waals surface area contributed by atoms with Crippen molar-refractivity contribution in [3.8, 4) is 5.75 Å². The van der Waals surface area contributed by atoms with Crippen LogP contribution in [0.2, 0.25) is 0 Å². The molecule has 2 N–H and O–H groups in total. The first-order chi connectivity index (χ1) is 13.9. The molecular formula is C22H22N2O4S. The van der Waals surface area contributed by atoms with E-state index in [1.54, 1.807) is 24.3 Å². The molecule has 0 aliphatic rings. The molecule has 0 unspecified atom stereocenters. The van der Waals surface area contributed by atoms with Crippen LogP contribution in [0.25, 0.3) is 0 Å². The smallest absolute Gasteiger partial charge is 0.261 e. The van der Waals surface area contributed by atoms with Crippen LogP contribution in [0.3, 0.4) is 0 Å². The Hall–Kier alpha value is -3.32. The molecule has 0 bridgehead atoms. The Morgan fingerprint density at radius 2 is 1.52 bits per heavy atom. The van der Waals surface area contributed by atoms with E-state index in [9.17, 15) is 13.2 Å². The van der Waals surface area contributed by atoms with E-state index < -0.39 is 10.0 Å². The first-order valence-electron chi connectivity index (χ1n) is 8.98. The van der Waals surface area contributed by atoms with Gasteiger partial charge in [0, 0.05) is 17.8 Å². The molecule has 3 aromatic carbocycles. The Labute approximate surface area is 170 Å². The second-order valence-electron chi connectivity index (χ2n) is 6.53. The first-order valence-corrected chi connectivity index (χ1v) is 10.5. The summed E-state index contributed by atoms with van der Waals surface area (Å²) in [6.45, 7) is 2.40. The van der Waals surface area contributed by atoms with E-state index >= 15 is 0 Å². The molecule has 0 fully saturated rings. The van der Waals surface area contributed by atoms with Crippen molar-refractivity contribution in [1.82, 2.24) is 5.32 Å². The SMILES string of the molecule is COc1ccc(NS(=O)(=O)c2ccc(C(=O)NCc3ccc(C)cc3)cc2)cc1. The fourth-order valence-electron chi connectivity index (χ4n) is 2.65. The number of ether oxygens (including phenoxy) is 1. The molecule has 0 spiro atoms. The van der Waals surface area contributed by atoms with Crippen molar-refractivity contribution in [3.05, 3.63) is 89.5 Å². The zero-order chi connectivity index (χ0) is 20.9. The summed E-state index contributed by atoms with van der Waals surface area (Å²) in [5, 5.41) is 2.83. The number of nitrogens with one attached hydrogen (secondary N) is 2. The van der Waals surface area contributed by atoms with Crippen LogP contribution < -0.4 is 14.8 Å². The van der Waals surface area contributed by atoms with Gasteiger partial charge in [-0.2, -0.15) is 0 Å². The summed E-state index contributed by atoms with van der Waals surface area (Å²) >= 11 is 0. The maximum absolute atomic E-state index is 12.5. The van der Waals surface area contributed by atoms with Gasteiger partial charge < -0.3 is 10.1 Å². The molecule has 0 saturated heterocycles. The minimum atomic E-state index is -3.76. The zero-order valence-electron chi connectivity index (χ0n) is 16.2. The summed E-state index contributed by atoms with van der Waals surface area (Å²) in [6.07, 6.45) is 0. The lowest BCUT2D eigenvalue weighted by molar-refractivity contribution is 0.0951. The Morgan fingerprint density at radius 3 is 2.10 bits per heavy atom. The molecule has 0 heterocycles. The van der Waals surface area contributed by atoms with Crippen LogP contribution in [0, 0.1) is 6.92 Å². The van der Waals surface area contributed by atoms with Crippen LogP contribution >= 0.6 is 0 Å². The average Bonchev–Trinajstić information content (AvgIpc) is 2.73. The number of hydrogen-bond donors (Lipinski definition) is 2. The van der Waals surface area contributed by atoms with Gasteiger partial charge in [0.2, 0.25) is 0 Å². The fourth-order valence-corrected chi connectivity index (χ4v) is 3.71. The number of methoxy groups -OCH3 is 1. The van der Waals surface area contributed by atoms with Crippen molar-refractivity contribution in [2.24, 2.45) is 0 Å². The van der Waals surface area contributed by atoms with Crippen molar-refractivity contribution in [3.63, 3.8) is 0 Å². The van der Waals surface area contributed by atoms with Gasteiger partial charge in [0.05, 0.1) is 12.0 Å². The molecule has 3 aromatic rings. The highest BCUT2D eigenvalue weighted by atomic mass is 32.2. The van der Waals surface area contributed by atoms with Gasteiger partial charge in [0.25, 0.3) is 15.9 Å². The fraction of sp³-hybridized carbons (Fsp3) is 0.136. The summed E-state index contributed by atoms with van der Waals surface area (Å²) in [5.41, 5.74) is 2.96. The summed E-state index contributed by atoms with van der Waals surface area (Å²) in [4.78, 5) is 12.4. The first kappa shape index (κ1) is 20.4. The number of rotatable bonds is 7. The minimum absolute atomic E-state index is 0.0726. The Morgan fingerprint density at radius 1 is 0.897 bits per heavy atom. The van der Waals surface area contributed by atoms with E-state index in [0.717, 1.165) is 11.1 Å². The second kappa shape index (κ2) is 8.79. The standard InChI is InChI=1S/C22H22N2O4S/c1-16-3-5-17(6-4-16)15-23-22(25)18-7-13-21(14-8-18)29(26,27)24-19-9-11-20(28-2)12-10-19/h3-14,24H,15H2,1-2H3,(H,23,25). The van der Waals surface area contributed by atoms with Gasteiger partial charge in [-0.05, 0) is 61.0 Å². The molecule has 1 amide bonds. The van der Waals surface area contributed by atoms with Crippen LogP contribution in [-0.4, -0.2) is 21.4 Å². The molecule has 0 saturated carbocycles. The molecule has 0 aliphatic heterocycles. The molecule has 0 radical (unpaired) electrons. The van der Waals surface area contributed by atoms with E-state index in [0.29, 0.717) is 23.5 Å². The van der Waals surface area contributed by atoms with Crippen LogP contribution in [0.4, 0.5) is 5.69 Å². The van der Waals surface area contributed by atoms with E-state index in [4.69, 9.17) is 4.74 Å². The lowest BCUT2D eigenvalue weighted by Gasteiger charge is -2.10.